The maximum Gasteiger partial charge on any atom is 0.410 e. The maximum absolute atomic E-state index is 13.2. The van der Waals surface area contributed by atoms with Gasteiger partial charge in [-0.15, -0.1) is 0 Å². The summed E-state index contributed by atoms with van der Waals surface area (Å²) in [6, 6.07) is 9.38. The van der Waals surface area contributed by atoms with Gasteiger partial charge in [-0.05, 0) is 62.5 Å². The van der Waals surface area contributed by atoms with Gasteiger partial charge in [0.25, 0.3) is 0 Å². The number of piperidine rings is 1. The monoisotopic (exact) mass is 473 g/mol. The minimum atomic E-state index is -0.309. The lowest BCUT2D eigenvalue weighted by molar-refractivity contribution is -0.0324. The molecule has 1 aromatic heterocycles. The summed E-state index contributed by atoms with van der Waals surface area (Å²) in [4.78, 5) is 15.0. The minimum absolute atomic E-state index is 0.0826. The first-order chi connectivity index (χ1) is 16.0. The van der Waals surface area contributed by atoms with Gasteiger partial charge < -0.3 is 14.4 Å². The Hall–Kier alpha value is -2.05. The Morgan fingerprint density at radius 1 is 1.18 bits per heavy atom. The van der Waals surface area contributed by atoms with E-state index in [1.807, 2.05) is 35.2 Å². The van der Waals surface area contributed by atoms with Gasteiger partial charge in [0, 0.05) is 34.9 Å². The van der Waals surface area contributed by atoms with Crippen LogP contribution < -0.4 is 0 Å². The molecule has 6 nitrogen and oxygen atoms in total. The van der Waals surface area contributed by atoms with Crippen molar-refractivity contribution in [3.8, 4) is 0 Å². The molecule has 2 aromatic rings. The highest BCUT2D eigenvalue weighted by Crippen LogP contribution is 2.35. The van der Waals surface area contributed by atoms with Gasteiger partial charge in [0.1, 0.15) is 6.61 Å². The molecule has 1 saturated carbocycles. The molecule has 1 aliphatic heterocycles. The highest BCUT2D eigenvalue weighted by Gasteiger charge is 2.38. The van der Waals surface area contributed by atoms with E-state index in [0.717, 1.165) is 48.8 Å². The summed E-state index contributed by atoms with van der Waals surface area (Å²) in [5.41, 5.74) is 1.86. The molecule has 1 N–H and O–H groups in total. The minimum Gasteiger partial charge on any atom is -0.444 e. The Balaban J connectivity index is 1.41. The van der Waals surface area contributed by atoms with Crippen LogP contribution in [0.15, 0.2) is 36.5 Å². The lowest BCUT2D eigenvalue weighted by Crippen LogP contribution is -2.50. The molecule has 1 aromatic carbocycles. The Bertz CT molecular complexity index is 881. The molecule has 2 aliphatic rings. The zero-order chi connectivity index (χ0) is 23.2. The third-order valence-electron chi connectivity index (χ3n) is 7.41. The Morgan fingerprint density at radius 2 is 1.97 bits per heavy atom. The van der Waals surface area contributed by atoms with E-state index in [2.05, 4.69) is 24.0 Å². The molecule has 7 heteroatoms. The van der Waals surface area contributed by atoms with Gasteiger partial charge in [-0.2, -0.15) is 5.10 Å². The second-order valence-electron chi connectivity index (χ2n) is 9.78. The molecule has 180 valence electrons. The molecule has 0 bridgehead atoms. The van der Waals surface area contributed by atoms with Crippen molar-refractivity contribution in [2.75, 3.05) is 13.2 Å². The first kappa shape index (κ1) is 24.1. The van der Waals surface area contributed by atoms with Crippen LogP contribution in [0.25, 0.3) is 0 Å². The number of aromatic nitrogens is 2. The average molecular weight is 474 g/mol. The second kappa shape index (κ2) is 11.4. The normalized spacial score (nSPS) is 25.9. The molecule has 1 amide bonds. The summed E-state index contributed by atoms with van der Waals surface area (Å²) in [6.07, 6.45) is 8.28. The van der Waals surface area contributed by atoms with Crippen LogP contribution in [0.5, 0.6) is 0 Å². The van der Waals surface area contributed by atoms with Gasteiger partial charge in [-0.25, -0.2) is 4.79 Å². The van der Waals surface area contributed by atoms with Gasteiger partial charge >= 0.3 is 6.09 Å². The van der Waals surface area contributed by atoms with E-state index in [1.54, 1.807) is 6.20 Å². The number of amides is 1. The van der Waals surface area contributed by atoms with Crippen molar-refractivity contribution in [1.29, 1.82) is 0 Å². The predicted octanol–water partition coefficient (Wildman–Crippen LogP) is 6.18. The van der Waals surface area contributed by atoms with E-state index in [9.17, 15) is 4.79 Å². The van der Waals surface area contributed by atoms with Crippen LogP contribution in [-0.2, 0) is 16.1 Å². The van der Waals surface area contributed by atoms with E-state index >= 15 is 0 Å². The molecule has 2 atom stereocenters. The summed E-state index contributed by atoms with van der Waals surface area (Å²) < 4.78 is 12.1. The van der Waals surface area contributed by atoms with Crippen LogP contribution in [0.1, 0.15) is 69.5 Å². The zero-order valence-electron chi connectivity index (χ0n) is 19.7. The second-order valence-corrected chi connectivity index (χ2v) is 10.2. The fourth-order valence-corrected chi connectivity index (χ4v) is 5.51. The SMILES string of the molecule is CC(C)C1CCC(OC[C@H]2[C@@H](c3ccn[nH]3)CCCN2C(=O)OCc2ccccc2Cl)CC1. The quantitative estimate of drug-likeness (QED) is 0.521. The van der Waals surface area contributed by atoms with Crippen molar-refractivity contribution < 1.29 is 14.3 Å². The largest absolute Gasteiger partial charge is 0.444 e. The van der Waals surface area contributed by atoms with Gasteiger partial charge in [0.05, 0.1) is 18.8 Å². The number of aromatic amines is 1. The standard InChI is InChI=1S/C26H36ClN3O3/c1-18(2)19-9-11-21(12-10-19)32-17-25-22(24-13-14-28-29-24)7-5-15-30(25)26(31)33-16-20-6-3-4-8-23(20)27/h3-4,6,8,13-14,18-19,21-22,25H,5,7,9-12,15-17H2,1-2H3,(H,28,29)/t19?,21?,22-,25+/m1/s1. The summed E-state index contributed by atoms with van der Waals surface area (Å²) in [7, 11) is 0. The Kier molecular flexibility index (Phi) is 8.31. The van der Waals surface area contributed by atoms with E-state index in [0.29, 0.717) is 18.2 Å². The number of hydrogen-bond acceptors (Lipinski definition) is 4. The van der Waals surface area contributed by atoms with Gasteiger partial charge in [-0.1, -0.05) is 43.6 Å². The smallest absolute Gasteiger partial charge is 0.410 e. The Labute approximate surface area is 202 Å². The Morgan fingerprint density at radius 3 is 2.67 bits per heavy atom. The van der Waals surface area contributed by atoms with Crippen molar-refractivity contribution in [2.24, 2.45) is 11.8 Å². The lowest BCUT2D eigenvalue weighted by Gasteiger charge is -2.41. The number of rotatable bonds is 7. The van der Waals surface area contributed by atoms with Crippen LogP contribution in [0.2, 0.25) is 5.02 Å². The molecule has 33 heavy (non-hydrogen) atoms. The van der Waals surface area contributed by atoms with Crippen LogP contribution in [0, 0.1) is 11.8 Å². The highest BCUT2D eigenvalue weighted by molar-refractivity contribution is 6.31. The molecule has 2 heterocycles. The number of likely N-dealkylation sites (tertiary alicyclic amines) is 1. The molecule has 0 radical (unpaired) electrons. The number of carbonyl (C=O) groups is 1. The number of halogens is 1. The number of nitrogens with one attached hydrogen (secondary N) is 1. The first-order valence-electron chi connectivity index (χ1n) is 12.3. The van der Waals surface area contributed by atoms with Gasteiger partial charge in [-0.3, -0.25) is 5.10 Å². The van der Waals surface area contributed by atoms with Crippen molar-refractivity contribution in [1.82, 2.24) is 15.1 Å². The third-order valence-corrected chi connectivity index (χ3v) is 7.78. The molecule has 1 saturated heterocycles. The number of H-pyrrole nitrogens is 1. The number of carbonyl (C=O) groups excluding carboxylic acids is 1. The molecule has 0 unspecified atom stereocenters. The van der Waals surface area contributed by atoms with Crippen molar-refractivity contribution in [3.63, 3.8) is 0 Å². The molecule has 1 aliphatic carbocycles. The molecule has 0 spiro atoms. The lowest BCUT2D eigenvalue weighted by atomic mass is 9.80. The summed E-state index contributed by atoms with van der Waals surface area (Å²) in [5, 5.41) is 7.87. The molecular weight excluding hydrogens is 438 g/mol. The van der Waals surface area contributed by atoms with E-state index < -0.39 is 0 Å². The van der Waals surface area contributed by atoms with Crippen LogP contribution in [-0.4, -0.2) is 46.5 Å². The first-order valence-corrected chi connectivity index (χ1v) is 12.7. The van der Waals surface area contributed by atoms with Gasteiger partial charge in [0.2, 0.25) is 0 Å². The fraction of sp³-hybridized carbons (Fsp3) is 0.615. The number of hydrogen-bond donors (Lipinski definition) is 1. The molecule has 2 fully saturated rings. The summed E-state index contributed by atoms with van der Waals surface area (Å²) in [5.74, 6) is 1.69. The fourth-order valence-electron chi connectivity index (χ4n) is 5.32. The van der Waals surface area contributed by atoms with E-state index in [-0.39, 0.29) is 30.8 Å². The number of benzene rings is 1. The highest BCUT2D eigenvalue weighted by atomic mass is 35.5. The zero-order valence-corrected chi connectivity index (χ0v) is 20.5. The van der Waals surface area contributed by atoms with Crippen molar-refractivity contribution in [2.45, 2.75) is 77.0 Å². The van der Waals surface area contributed by atoms with Crippen LogP contribution in [0.3, 0.4) is 0 Å². The molecule has 4 rings (SSSR count). The van der Waals surface area contributed by atoms with Gasteiger partial charge in [0.15, 0.2) is 0 Å². The average Bonchev–Trinajstić information content (AvgIpc) is 3.37. The topological polar surface area (TPSA) is 67.5 Å². The number of ether oxygens (including phenoxy) is 2. The van der Waals surface area contributed by atoms with E-state index in [1.165, 1.54) is 12.8 Å². The van der Waals surface area contributed by atoms with Crippen LogP contribution in [0.4, 0.5) is 4.79 Å². The third kappa shape index (κ3) is 6.10. The predicted molar refractivity (Wildman–Crippen MR) is 129 cm³/mol. The molecular formula is C26H36ClN3O3. The van der Waals surface area contributed by atoms with Crippen LogP contribution >= 0.6 is 11.6 Å². The van der Waals surface area contributed by atoms with E-state index in [4.69, 9.17) is 21.1 Å². The summed E-state index contributed by atoms with van der Waals surface area (Å²) in [6.45, 7) is 5.97. The number of nitrogens with zero attached hydrogens (tertiary/aromatic N) is 2. The summed E-state index contributed by atoms with van der Waals surface area (Å²) >= 11 is 6.24. The maximum atomic E-state index is 13.2. The van der Waals surface area contributed by atoms with Crippen molar-refractivity contribution >= 4 is 17.7 Å². The van der Waals surface area contributed by atoms with Crippen molar-refractivity contribution in [3.05, 3.63) is 52.8 Å².